The summed E-state index contributed by atoms with van der Waals surface area (Å²) in [5.74, 6) is -2.23. The number of nitrogens with zero attached hydrogens (tertiary/aromatic N) is 3. The predicted molar refractivity (Wildman–Crippen MR) is 177 cm³/mol. The number of carbonyl (C=O) groups is 4. The van der Waals surface area contributed by atoms with Gasteiger partial charge in [0.15, 0.2) is 0 Å². The molecule has 2 fully saturated rings. The van der Waals surface area contributed by atoms with Gasteiger partial charge in [-0.3, -0.25) is 19.3 Å². The SMILES string of the molecule is CC(C)(C)OC(=O)N1C[C@](C)(c2cc(F)cc(F)c2)N(CC(=O)Nc2ccc3c(c2)C[C@@]2(C3)C(=O)Nc3ncccc32)C(=O)C12CCCC2. The number of amides is 4. The molecule has 4 aliphatic rings. The molecule has 4 amide bonds. The molecular weight excluding hydrogens is 632 g/mol. The van der Waals surface area contributed by atoms with Gasteiger partial charge in [0.05, 0.1) is 17.5 Å². The summed E-state index contributed by atoms with van der Waals surface area (Å²) in [5.41, 5.74) is -1.02. The molecule has 1 aromatic heterocycles. The van der Waals surface area contributed by atoms with E-state index in [0.717, 1.165) is 34.9 Å². The monoisotopic (exact) mass is 671 g/mol. The molecule has 7 rings (SSSR count). The summed E-state index contributed by atoms with van der Waals surface area (Å²) in [6.45, 7) is 6.23. The summed E-state index contributed by atoms with van der Waals surface area (Å²) in [6, 6.07) is 12.2. The molecule has 10 nitrogen and oxygen atoms in total. The quantitative estimate of drug-likeness (QED) is 0.373. The van der Waals surface area contributed by atoms with Crippen molar-refractivity contribution in [2.75, 3.05) is 23.7 Å². The summed E-state index contributed by atoms with van der Waals surface area (Å²) >= 11 is 0. The molecule has 0 unspecified atom stereocenters. The van der Waals surface area contributed by atoms with Crippen LogP contribution in [0, 0.1) is 11.6 Å². The van der Waals surface area contributed by atoms with Crippen molar-refractivity contribution in [1.82, 2.24) is 14.8 Å². The van der Waals surface area contributed by atoms with Gasteiger partial charge in [-0.25, -0.2) is 18.6 Å². The molecule has 256 valence electrons. The molecule has 3 heterocycles. The van der Waals surface area contributed by atoms with Gasteiger partial charge in [-0.05, 0) is 100 Å². The lowest BCUT2D eigenvalue weighted by Gasteiger charge is -2.56. The van der Waals surface area contributed by atoms with Crippen LogP contribution >= 0.6 is 0 Å². The predicted octanol–water partition coefficient (Wildman–Crippen LogP) is 5.59. The van der Waals surface area contributed by atoms with E-state index in [1.54, 1.807) is 40.0 Å². The zero-order valence-electron chi connectivity index (χ0n) is 28.0. The highest BCUT2D eigenvalue weighted by molar-refractivity contribution is 6.06. The number of piperazine rings is 1. The Kier molecular flexibility index (Phi) is 7.57. The zero-order valence-corrected chi connectivity index (χ0v) is 28.0. The van der Waals surface area contributed by atoms with Gasteiger partial charge in [0.2, 0.25) is 17.7 Å². The van der Waals surface area contributed by atoms with E-state index in [-0.39, 0.29) is 18.0 Å². The standard InChI is InChI=1S/C37H39F2N5O5/c1-34(2,3)49-33(48)44-21-35(4,24-15-25(38)17-26(39)16-24)43(32(47)37(44)11-5-6-12-37)20-29(45)41-27-10-9-22-18-36(19-23(22)14-27)28-8-7-13-40-30(28)42-31(36)46/h7-10,13-17H,5-6,11-12,18-21H2,1-4H3,(H,41,45)(H,40,42,46)/t35-,36-/m1/s1. The van der Waals surface area contributed by atoms with Gasteiger partial charge in [-0.2, -0.15) is 0 Å². The maximum atomic E-state index is 14.7. The van der Waals surface area contributed by atoms with E-state index in [1.165, 1.54) is 9.80 Å². The maximum absolute atomic E-state index is 14.7. The van der Waals surface area contributed by atoms with Crippen LogP contribution in [0.15, 0.2) is 54.7 Å². The van der Waals surface area contributed by atoms with Crippen LogP contribution in [0.2, 0.25) is 0 Å². The lowest BCUT2D eigenvalue weighted by molar-refractivity contribution is -0.165. The molecule has 1 saturated carbocycles. The Morgan fingerprint density at radius 2 is 1.69 bits per heavy atom. The molecule has 3 aromatic rings. The number of halogens is 2. The third kappa shape index (κ3) is 5.41. The number of nitrogens with one attached hydrogen (secondary N) is 2. The third-order valence-corrected chi connectivity index (χ3v) is 10.5. The molecule has 49 heavy (non-hydrogen) atoms. The minimum Gasteiger partial charge on any atom is -0.444 e. The Labute approximate surface area is 283 Å². The Hall–Kier alpha value is -4.87. The fourth-order valence-electron chi connectivity index (χ4n) is 8.18. The summed E-state index contributed by atoms with van der Waals surface area (Å²) < 4.78 is 35.1. The Balaban J connectivity index is 1.19. The van der Waals surface area contributed by atoms with Gasteiger partial charge in [-0.1, -0.05) is 25.0 Å². The minimum absolute atomic E-state index is 0.110. The fourth-order valence-corrected chi connectivity index (χ4v) is 8.18. The third-order valence-electron chi connectivity index (χ3n) is 10.5. The molecule has 12 heteroatoms. The van der Waals surface area contributed by atoms with Gasteiger partial charge in [0, 0.05) is 23.5 Å². The number of pyridine rings is 1. The second kappa shape index (κ2) is 11.3. The van der Waals surface area contributed by atoms with E-state index in [2.05, 4.69) is 15.6 Å². The first-order valence-corrected chi connectivity index (χ1v) is 16.6. The second-order valence-corrected chi connectivity index (χ2v) is 14.9. The molecule has 2 aliphatic heterocycles. The van der Waals surface area contributed by atoms with Crippen LogP contribution in [-0.4, -0.2) is 62.8 Å². The van der Waals surface area contributed by atoms with E-state index in [0.29, 0.717) is 50.0 Å². The number of hydrogen-bond acceptors (Lipinski definition) is 6. The number of fused-ring (bicyclic) bond motifs is 3. The highest BCUT2D eigenvalue weighted by Gasteiger charge is 2.60. The van der Waals surface area contributed by atoms with Crippen LogP contribution in [0.4, 0.5) is 25.1 Å². The van der Waals surface area contributed by atoms with E-state index in [9.17, 15) is 28.0 Å². The first-order chi connectivity index (χ1) is 23.1. The van der Waals surface area contributed by atoms with E-state index < -0.39 is 58.2 Å². The smallest absolute Gasteiger partial charge is 0.411 e. The molecule has 0 radical (unpaired) electrons. The summed E-state index contributed by atoms with van der Waals surface area (Å²) in [6.07, 6.45) is 4.00. The number of hydrogen-bond donors (Lipinski definition) is 2. The number of carbonyl (C=O) groups excluding carboxylic acids is 4. The van der Waals surface area contributed by atoms with Crippen LogP contribution in [0.3, 0.4) is 0 Å². The number of ether oxygens (including phenoxy) is 1. The maximum Gasteiger partial charge on any atom is 0.411 e. The summed E-state index contributed by atoms with van der Waals surface area (Å²) in [7, 11) is 0. The normalized spacial score (nSPS) is 23.9. The summed E-state index contributed by atoms with van der Waals surface area (Å²) in [5, 5.41) is 5.80. The van der Waals surface area contributed by atoms with Crippen LogP contribution < -0.4 is 10.6 Å². The highest BCUT2D eigenvalue weighted by Crippen LogP contribution is 2.48. The fraction of sp³-hybridized carbons (Fsp3) is 0.432. The van der Waals surface area contributed by atoms with E-state index in [1.807, 2.05) is 24.3 Å². The average Bonchev–Trinajstić information content (AvgIpc) is 3.73. The van der Waals surface area contributed by atoms with Crippen LogP contribution in [-0.2, 0) is 42.9 Å². The Morgan fingerprint density at radius 1 is 1.00 bits per heavy atom. The molecule has 2 N–H and O–H groups in total. The van der Waals surface area contributed by atoms with Crippen LogP contribution in [0.25, 0.3) is 0 Å². The van der Waals surface area contributed by atoms with Crippen molar-refractivity contribution in [2.24, 2.45) is 0 Å². The zero-order chi connectivity index (χ0) is 34.9. The average molecular weight is 672 g/mol. The van der Waals surface area contributed by atoms with Crippen molar-refractivity contribution in [1.29, 1.82) is 0 Å². The van der Waals surface area contributed by atoms with Gasteiger partial charge in [0.25, 0.3) is 0 Å². The molecule has 2 spiro atoms. The number of aromatic nitrogens is 1. The van der Waals surface area contributed by atoms with Crippen molar-refractivity contribution in [3.05, 3.63) is 88.6 Å². The van der Waals surface area contributed by atoms with E-state index in [4.69, 9.17) is 4.74 Å². The molecule has 2 atom stereocenters. The molecular formula is C37H39F2N5O5. The molecule has 2 aliphatic carbocycles. The van der Waals surface area contributed by atoms with Crippen LogP contribution in [0.5, 0.6) is 0 Å². The number of benzene rings is 2. The van der Waals surface area contributed by atoms with E-state index >= 15 is 0 Å². The molecule has 1 saturated heterocycles. The first-order valence-electron chi connectivity index (χ1n) is 16.6. The van der Waals surface area contributed by atoms with Crippen molar-refractivity contribution in [3.63, 3.8) is 0 Å². The van der Waals surface area contributed by atoms with Crippen LogP contribution in [0.1, 0.15) is 75.6 Å². The Morgan fingerprint density at radius 3 is 2.39 bits per heavy atom. The second-order valence-electron chi connectivity index (χ2n) is 14.9. The highest BCUT2D eigenvalue weighted by atomic mass is 19.1. The van der Waals surface area contributed by atoms with Gasteiger partial charge >= 0.3 is 6.09 Å². The minimum atomic E-state index is -1.48. The van der Waals surface area contributed by atoms with Crippen molar-refractivity contribution >= 4 is 35.3 Å². The lowest BCUT2D eigenvalue weighted by atomic mass is 9.79. The molecule has 0 bridgehead atoms. The van der Waals surface area contributed by atoms with Gasteiger partial charge in [0.1, 0.15) is 35.1 Å². The Bertz CT molecular complexity index is 1880. The van der Waals surface area contributed by atoms with Gasteiger partial charge in [-0.15, -0.1) is 0 Å². The van der Waals surface area contributed by atoms with Crippen molar-refractivity contribution in [3.8, 4) is 0 Å². The lowest BCUT2D eigenvalue weighted by Crippen LogP contribution is -2.73. The number of rotatable bonds is 4. The van der Waals surface area contributed by atoms with Gasteiger partial charge < -0.3 is 20.3 Å². The largest absolute Gasteiger partial charge is 0.444 e. The topological polar surface area (TPSA) is 121 Å². The number of anilines is 2. The molecule has 2 aromatic carbocycles. The van der Waals surface area contributed by atoms with Crippen molar-refractivity contribution < 1.29 is 32.7 Å². The van der Waals surface area contributed by atoms with Crippen molar-refractivity contribution in [2.45, 2.75) is 88.3 Å². The summed E-state index contributed by atoms with van der Waals surface area (Å²) in [4.78, 5) is 62.4. The first kappa shape index (κ1) is 32.7.